The minimum atomic E-state index is 0.550. The van der Waals surface area contributed by atoms with E-state index in [-0.39, 0.29) is 0 Å². The predicted octanol–water partition coefficient (Wildman–Crippen LogP) is 4.02. The van der Waals surface area contributed by atoms with Gasteiger partial charge in [0, 0.05) is 23.2 Å². The van der Waals surface area contributed by atoms with Crippen molar-refractivity contribution >= 4 is 11.6 Å². The molecule has 3 heteroatoms. The molecule has 1 N–H and O–H groups in total. The lowest BCUT2D eigenvalue weighted by atomic mass is 9.99. The molecule has 0 bridgehead atoms. The number of nitrogens with one attached hydrogen (secondary N) is 1. The van der Waals surface area contributed by atoms with Crippen LogP contribution >= 0.6 is 11.6 Å². The first-order valence-corrected chi connectivity index (χ1v) is 7.15. The molecule has 1 atom stereocenters. The van der Waals surface area contributed by atoms with Crippen LogP contribution in [0.5, 0.6) is 5.75 Å². The summed E-state index contributed by atoms with van der Waals surface area (Å²) in [4.78, 5) is 0. The van der Waals surface area contributed by atoms with E-state index < -0.39 is 0 Å². The van der Waals surface area contributed by atoms with Gasteiger partial charge in [0.25, 0.3) is 0 Å². The number of benzene rings is 1. The van der Waals surface area contributed by atoms with E-state index in [0.717, 1.165) is 28.8 Å². The summed E-state index contributed by atoms with van der Waals surface area (Å²) in [6, 6.07) is 6.35. The molecular formula is C15H22ClNO. The first kappa shape index (κ1) is 13.7. The third kappa shape index (κ3) is 3.18. The number of hydrogen-bond donors (Lipinski definition) is 1. The highest BCUT2D eigenvalue weighted by molar-refractivity contribution is 6.31. The lowest BCUT2D eigenvalue weighted by Crippen LogP contribution is -2.31. The topological polar surface area (TPSA) is 21.3 Å². The summed E-state index contributed by atoms with van der Waals surface area (Å²) < 4.78 is 5.36. The maximum atomic E-state index is 6.23. The highest BCUT2D eigenvalue weighted by atomic mass is 35.5. The van der Waals surface area contributed by atoms with Crippen LogP contribution in [-0.2, 0) is 6.54 Å². The highest BCUT2D eigenvalue weighted by Crippen LogP contribution is 2.29. The van der Waals surface area contributed by atoms with Crippen molar-refractivity contribution in [3.8, 4) is 5.75 Å². The van der Waals surface area contributed by atoms with E-state index in [9.17, 15) is 0 Å². The number of methoxy groups -OCH3 is 1. The van der Waals surface area contributed by atoms with Gasteiger partial charge >= 0.3 is 0 Å². The molecule has 0 unspecified atom stereocenters. The van der Waals surface area contributed by atoms with Gasteiger partial charge in [0.15, 0.2) is 0 Å². The lowest BCUT2D eigenvalue weighted by Gasteiger charge is -2.21. The predicted molar refractivity (Wildman–Crippen MR) is 76.3 cm³/mol. The van der Waals surface area contributed by atoms with Crippen molar-refractivity contribution in [3.63, 3.8) is 0 Å². The normalized spacial score (nSPS) is 17.9. The second-order valence-corrected chi connectivity index (χ2v) is 5.54. The standard InChI is InChI=1S/C15H22ClNO/c1-11(12-6-3-4-7-12)17-10-13-14(16)8-5-9-15(13)18-2/h5,8-9,11-12,17H,3-4,6-7,10H2,1-2H3/t11-/m1/s1. The van der Waals surface area contributed by atoms with Crippen molar-refractivity contribution in [1.29, 1.82) is 0 Å². The van der Waals surface area contributed by atoms with Gasteiger partial charge in [0.05, 0.1) is 7.11 Å². The average molecular weight is 268 g/mol. The Morgan fingerprint density at radius 2 is 2.11 bits per heavy atom. The number of halogens is 1. The van der Waals surface area contributed by atoms with Crippen molar-refractivity contribution < 1.29 is 4.74 Å². The van der Waals surface area contributed by atoms with Gasteiger partial charge in [-0.25, -0.2) is 0 Å². The monoisotopic (exact) mass is 267 g/mol. The van der Waals surface area contributed by atoms with E-state index in [1.165, 1.54) is 25.7 Å². The van der Waals surface area contributed by atoms with Crippen molar-refractivity contribution in [1.82, 2.24) is 5.32 Å². The Kier molecular flexibility index (Phi) is 4.90. The summed E-state index contributed by atoms with van der Waals surface area (Å²) in [6.45, 7) is 3.06. The Labute approximate surface area is 115 Å². The van der Waals surface area contributed by atoms with E-state index in [1.807, 2.05) is 18.2 Å². The molecule has 100 valence electrons. The van der Waals surface area contributed by atoms with Crippen LogP contribution in [0.3, 0.4) is 0 Å². The summed E-state index contributed by atoms with van der Waals surface area (Å²) in [6.07, 6.45) is 5.47. The van der Waals surface area contributed by atoms with Crippen LogP contribution in [0.15, 0.2) is 18.2 Å². The summed E-state index contributed by atoms with van der Waals surface area (Å²) in [5.74, 6) is 1.69. The summed E-state index contributed by atoms with van der Waals surface area (Å²) in [5, 5.41) is 4.37. The van der Waals surface area contributed by atoms with Gasteiger partial charge in [0.1, 0.15) is 5.75 Å². The molecule has 0 radical (unpaired) electrons. The van der Waals surface area contributed by atoms with Gasteiger partial charge in [-0.1, -0.05) is 30.5 Å². The van der Waals surface area contributed by atoms with Crippen LogP contribution in [0.2, 0.25) is 5.02 Å². The molecule has 1 aliphatic rings. The van der Waals surface area contributed by atoms with Gasteiger partial charge in [-0.2, -0.15) is 0 Å². The van der Waals surface area contributed by atoms with E-state index in [4.69, 9.17) is 16.3 Å². The minimum absolute atomic E-state index is 0.550. The molecule has 1 aliphatic carbocycles. The van der Waals surface area contributed by atoms with Crippen molar-refractivity contribution in [2.24, 2.45) is 5.92 Å². The Morgan fingerprint density at radius 3 is 2.78 bits per heavy atom. The maximum Gasteiger partial charge on any atom is 0.124 e. The van der Waals surface area contributed by atoms with E-state index in [2.05, 4.69) is 12.2 Å². The fourth-order valence-corrected chi connectivity index (χ4v) is 3.02. The molecular weight excluding hydrogens is 246 g/mol. The lowest BCUT2D eigenvalue weighted by molar-refractivity contribution is 0.371. The van der Waals surface area contributed by atoms with Crippen LogP contribution in [0.1, 0.15) is 38.2 Å². The summed E-state index contributed by atoms with van der Waals surface area (Å²) in [7, 11) is 1.69. The quantitative estimate of drug-likeness (QED) is 0.870. The van der Waals surface area contributed by atoms with Gasteiger partial charge in [-0.15, -0.1) is 0 Å². The third-order valence-corrected chi connectivity index (χ3v) is 4.36. The van der Waals surface area contributed by atoms with Crippen molar-refractivity contribution in [3.05, 3.63) is 28.8 Å². The molecule has 1 fully saturated rings. The molecule has 1 saturated carbocycles. The SMILES string of the molecule is COc1cccc(Cl)c1CN[C@H](C)C1CCCC1. The van der Waals surface area contributed by atoms with Crippen LogP contribution in [0.25, 0.3) is 0 Å². The van der Waals surface area contributed by atoms with Crippen LogP contribution in [-0.4, -0.2) is 13.2 Å². The van der Waals surface area contributed by atoms with Gasteiger partial charge < -0.3 is 10.1 Å². The minimum Gasteiger partial charge on any atom is -0.496 e. The first-order chi connectivity index (χ1) is 8.72. The van der Waals surface area contributed by atoms with Crippen LogP contribution in [0.4, 0.5) is 0 Å². The fourth-order valence-electron chi connectivity index (χ4n) is 2.79. The fraction of sp³-hybridized carbons (Fsp3) is 0.600. The third-order valence-electron chi connectivity index (χ3n) is 4.00. The number of ether oxygens (including phenoxy) is 1. The van der Waals surface area contributed by atoms with E-state index in [1.54, 1.807) is 7.11 Å². The van der Waals surface area contributed by atoms with Crippen LogP contribution in [0, 0.1) is 5.92 Å². The highest BCUT2D eigenvalue weighted by Gasteiger charge is 2.21. The Balaban J connectivity index is 1.96. The molecule has 1 aromatic carbocycles. The Bertz CT molecular complexity index is 388. The van der Waals surface area contributed by atoms with Gasteiger partial charge in [-0.05, 0) is 37.8 Å². The van der Waals surface area contributed by atoms with Gasteiger partial charge in [-0.3, -0.25) is 0 Å². The molecule has 18 heavy (non-hydrogen) atoms. The molecule has 0 saturated heterocycles. The zero-order chi connectivity index (χ0) is 13.0. The second kappa shape index (κ2) is 6.44. The van der Waals surface area contributed by atoms with Crippen molar-refractivity contribution in [2.75, 3.05) is 7.11 Å². The molecule has 0 amide bonds. The summed E-state index contributed by atoms with van der Waals surface area (Å²) >= 11 is 6.23. The summed E-state index contributed by atoms with van der Waals surface area (Å²) in [5.41, 5.74) is 1.06. The largest absolute Gasteiger partial charge is 0.496 e. The molecule has 2 nitrogen and oxygen atoms in total. The van der Waals surface area contributed by atoms with Gasteiger partial charge in [0.2, 0.25) is 0 Å². The zero-order valence-electron chi connectivity index (χ0n) is 11.2. The van der Waals surface area contributed by atoms with Crippen molar-refractivity contribution in [2.45, 2.75) is 45.2 Å². The van der Waals surface area contributed by atoms with Crippen LogP contribution < -0.4 is 10.1 Å². The smallest absolute Gasteiger partial charge is 0.124 e. The van der Waals surface area contributed by atoms with E-state index in [0.29, 0.717) is 6.04 Å². The molecule has 0 spiro atoms. The molecule has 0 aromatic heterocycles. The molecule has 0 aliphatic heterocycles. The van der Waals surface area contributed by atoms with E-state index >= 15 is 0 Å². The number of rotatable bonds is 5. The Hall–Kier alpha value is -0.730. The number of hydrogen-bond acceptors (Lipinski definition) is 2. The molecule has 2 rings (SSSR count). The molecule has 1 aromatic rings. The Morgan fingerprint density at radius 1 is 1.39 bits per heavy atom. The first-order valence-electron chi connectivity index (χ1n) is 6.77. The molecule has 0 heterocycles. The zero-order valence-corrected chi connectivity index (χ0v) is 12.0. The average Bonchev–Trinajstić information content (AvgIpc) is 2.90. The second-order valence-electron chi connectivity index (χ2n) is 5.13. The maximum absolute atomic E-state index is 6.23.